The van der Waals surface area contributed by atoms with Gasteiger partial charge in [-0.2, -0.15) is 5.10 Å². The standard InChI is InChI=1S/C16H23N5O/c1-11-7-8-20(10-14(11)22-4)15-5-6-16(18-17-15)21-13(3)9-12(2)19-21/h5-6,9,11,14H,7-8,10H2,1-4H3. The number of ether oxygens (including phenoxy) is 1. The van der Waals surface area contributed by atoms with Crippen molar-refractivity contribution in [3.63, 3.8) is 0 Å². The van der Waals surface area contributed by atoms with Gasteiger partial charge in [-0.1, -0.05) is 6.92 Å². The average molecular weight is 301 g/mol. The Labute approximate surface area is 131 Å². The molecule has 118 valence electrons. The third-order valence-electron chi connectivity index (χ3n) is 4.38. The number of aromatic nitrogens is 4. The molecule has 0 amide bonds. The fourth-order valence-corrected chi connectivity index (χ4v) is 3.01. The zero-order chi connectivity index (χ0) is 15.7. The monoisotopic (exact) mass is 301 g/mol. The Hall–Kier alpha value is -1.95. The molecule has 2 atom stereocenters. The number of nitrogens with zero attached hydrogens (tertiary/aromatic N) is 5. The SMILES string of the molecule is COC1CN(c2ccc(-n3nc(C)cc3C)nn2)CCC1C. The normalized spacial score (nSPS) is 22.1. The van der Waals surface area contributed by atoms with E-state index in [1.807, 2.05) is 36.7 Å². The van der Waals surface area contributed by atoms with Crippen LogP contribution in [0.3, 0.4) is 0 Å². The van der Waals surface area contributed by atoms with E-state index in [0.29, 0.717) is 5.92 Å². The van der Waals surface area contributed by atoms with Gasteiger partial charge in [0.1, 0.15) is 0 Å². The summed E-state index contributed by atoms with van der Waals surface area (Å²) >= 11 is 0. The third kappa shape index (κ3) is 2.83. The average Bonchev–Trinajstić information content (AvgIpc) is 2.86. The highest BCUT2D eigenvalue weighted by Gasteiger charge is 2.26. The van der Waals surface area contributed by atoms with Crippen LogP contribution in [0.4, 0.5) is 5.82 Å². The second-order valence-electron chi connectivity index (χ2n) is 6.07. The Balaban J connectivity index is 1.78. The van der Waals surface area contributed by atoms with Gasteiger partial charge in [-0.05, 0) is 44.4 Å². The molecular weight excluding hydrogens is 278 g/mol. The van der Waals surface area contributed by atoms with Crippen molar-refractivity contribution in [2.45, 2.75) is 33.3 Å². The van der Waals surface area contributed by atoms with E-state index < -0.39 is 0 Å². The molecule has 1 fully saturated rings. The largest absolute Gasteiger partial charge is 0.379 e. The quantitative estimate of drug-likeness (QED) is 0.869. The first-order valence-corrected chi connectivity index (χ1v) is 7.73. The minimum atomic E-state index is 0.256. The molecule has 6 heteroatoms. The Morgan fingerprint density at radius 3 is 2.50 bits per heavy atom. The van der Waals surface area contributed by atoms with Gasteiger partial charge in [0.15, 0.2) is 11.6 Å². The second kappa shape index (κ2) is 6.04. The molecule has 3 rings (SSSR count). The molecule has 0 aromatic carbocycles. The van der Waals surface area contributed by atoms with Crippen LogP contribution < -0.4 is 4.90 Å². The highest BCUT2D eigenvalue weighted by Crippen LogP contribution is 2.23. The lowest BCUT2D eigenvalue weighted by Crippen LogP contribution is -2.44. The molecule has 0 bridgehead atoms. The summed E-state index contributed by atoms with van der Waals surface area (Å²) in [5.41, 5.74) is 2.04. The van der Waals surface area contributed by atoms with Crippen molar-refractivity contribution in [3.05, 3.63) is 29.6 Å². The van der Waals surface area contributed by atoms with Gasteiger partial charge >= 0.3 is 0 Å². The summed E-state index contributed by atoms with van der Waals surface area (Å²) in [6, 6.07) is 6.02. The molecule has 0 saturated carbocycles. The first-order chi connectivity index (χ1) is 10.6. The molecular formula is C16H23N5O. The molecule has 1 saturated heterocycles. The third-order valence-corrected chi connectivity index (χ3v) is 4.38. The Morgan fingerprint density at radius 1 is 1.18 bits per heavy atom. The summed E-state index contributed by atoms with van der Waals surface area (Å²) in [4.78, 5) is 2.24. The van der Waals surface area contributed by atoms with Gasteiger partial charge in [-0.3, -0.25) is 0 Å². The van der Waals surface area contributed by atoms with Crippen molar-refractivity contribution in [2.75, 3.05) is 25.1 Å². The molecule has 2 aromatic heterocycles. The number of rotatable bonds is 3. The van der Waals surface area contributed by atoms with E-state index in [2.05, 4.69) is 27.1 Å². The predicted molar refractivity (Wildman–Crippen MR) is 85.4 cm³/mol. The van der Waals surface area contributed by atoms with Crippen molar-refractivity contribution in [1.29, 1.82) is 0 Å². The van der Waals surface area contributed by atoms with E-state index in [4.69, 9.17) is 4.74 Å². The Morgan fingerprint density at radius 2 is 1.91 bits per heavy atom. The number of hydrogen-bond donors (Lipinski definition) is 0. The van der Waals surface area contributed by atoms with Gasteiger partial charge in [-0.15, -0.1) is 10.2 Å². The summed E-state index contributed by atoms with van der Waals surface area (Å²) in [5.74, 6) is 2.24. The maximum atomic E-state index is 5.56. The number of aryl methyl sites for hydroxylation is 2. The topological polar surface area (TPSA) is 56.1 Å². The van der Waals surface area contributed by atoms with E-state index in [9.17, 15) is 0 Å². The molecule has 1 aliphatic heterocycles. The summed E-state index contributed by atoms with van der Waals surface area (Å²) in [6.07, 6.45) is 1.37. The van der Waals surface area contributed by atoms with Gasteiger partial charge < -0.3 is 9.64 Å². The fraction of sp³-hybridized carbons (Fsp3) is 0.562. The van der Waals surface area contributed by atoms with Crippen LogP contribution in [0.5, 0.6) is 0 Å². The van der Waals surface area contributed by atoms with Crippen molar-refractivity contribution in [3.8, 4) is 5.82 Å². The van der Waals surface area contributed by atoms with Crippen molar-refractivity contribution in [2.24, 2.45) is 5.92 Å². The van der Waals surface area contributed by atoms with E-state index in [0.717, 1.165) is 42.5 Å². The lowest BCUT2D eigenvalue weighted by atomic mass is 9.96. The van der Waals surface area contributed by atoms with Gasteiger partial charge in [0, 0.05) is 25.9 Å². The molecule has 3 heterocycles. The smallest absolute Gasteiger partial charge is 0.176 e. The summed E-state index contributed by atoms with van der Waals surface area (Å²) in [6.45, 7) is 8.10. The molecule has 1 aliphatic rings. The second-order valence-corrected chi connectivity index (χ2v) is 6.07. The number of piperidine rings is 1. The fourth-order valence-electron chi connectivity index (χ4n) is 3.01. The molecule has 0 spiro atoms. The molecule has 0 radical (unpaired) electrons. The highest BCUT2D eigenvalue weighted by atomic mass is 16.5. The van der Waals surface area contributed by atoms with Crippen LogP contribution in [0.15, 0.2) is 18.2 Å². The first-order valence-electron chi connectivity index (χ1n) is 7.73. The molecule has 6 nitrogen and oxygen atoms in total. The van der Waals surface area contributed by atoms with Crippen LogP contribution in [-0.2, 0) is 4.74 Å². The van der Waals surface area contributed by atoms with Gasteiger partial charge in [0.05, 0.1) is 11.8 Å². The van der Waals surface area contributed by atoms with Gasteiger partial charge in [0.25, 0.3) is 0 Å². The minimum Gasteiger partial charge on any atom is -0.379 e. The lowest BCUT2D eigenvalue weighted by Gasteiger charge is -2.36. The van der Waals surface area contributed by atoms with Crippen LogP contribution in [0.2, 0.25) is 0 Å². The lowest BCUT2D eigenvalue weighted by molar-refractivity contribution is 0.0496. The zero-order valence-corrected chi connectivity index (χ0v) is 13.7. The van der Waals surface area contributed by atoms with Crippen LogP contribution in [-0.4, -0.2) is 46.3 Å². The van der Waals surface area contributed by atoms with Crippen LogP contribution in [0.1, 0.15) is 24.7 Å². The maximum absolute atomic E-state index is 5.56. The summed E-state index contributed by atoms with van der Waals surface area (Å²) in [5, 5.41) is 13.2. The molecule has 0 aliphatic carbocycles. The molecule has 22 heavy (non-hydrogen) atoms. The van der Waals surface area contributed by atoms with E-state index >= 15 is 0 Å². The molecule has 2 unspecified atom stereocenters. The number of hydrogen-bond acceptors (Lipinski definition) is 5. The molecule has 2 aromatic rings. The maximum Gasteiger partial charge on any atom is 0.176 e. The van der Waals surface area contributed by atoms with Gasteiger partial charge in [0.2, 0.25) is 0 Å². The van der Waals surface area contributed by atoms with Gasteiger partial charge in [-0.25, -0.2) is 4.68 Å². The van der Waals surface area contributed by atoms with E-state index in [1.54, 1.807) is 7.11 Å². The van der Waals surface area contributed by atoms with Crippen LogP contribution >= 0.6 is 0 Å². The summed E-state index contributed by atoms with van der Waals surface area (Å²) in [7, 11) is 1.78. The van der Waals surface area contributed by atoms with Crippen molar-refractivity contribution in [1.82, 2.24) is 20.0 Å². The predicted octanol–water partition coefficient (Wildman–Crippen LogP) is 2.14. The minimum absolute atomic E-state index is 0.256. The first kappa shape index (κ1) is 15.0. The van der Waals surface area contributed by atoms with E-state index in [1.165, 1.54) is 0 Å². The van der Waals surface area contributed by atoms with Crippen LogP contribution in [0, 0.1) is 19.8 Å². The van der Waals surface area contributed by atoms with Crippen molar-refractivity contribution < 1.29 is 4.74 Å². The Kier molecular flexibility index (Phi) is 4.11. The number of methoxy groups -OCH3 is 1. The Bertz CT molecular complexity index is 636. The van der Waals surface area contributed by atoms with Crippen LogP contribution in [0.25, 0.3) is 5.82 Å². The number of anilines is 1. The highest BCUT2D eigenvalue weighted by molar-refractivity contribution is 5.40. The van der Waals surface area contributed by atoms with Crippen molar-refractivity contribution >= 4 is 5.82 Å². The van der Waals surface area contributed by atoms with E-state index in [-0.39, 0.29) is 6.10 Å². The molecule has 0 N–H and O–H groups in total. The summed E-state index contributed by atoms with van der Waals surface area (Å²) < 4.78 is 7.38. The zero-order valence-electron chi connectivity index (χ0n) is 13.7.